The van der Waals surface area contributed by atoms with Gasteiger partial charge in [-0.3, -0.25) is 18.8 Å². The third-order valence-electron chi connectivity index (χ3n) is 6.93. The number of rotatable bonds is 7. The number of nitrogens with one attached hydrogen (secondary N) is 2. The van der Waals surface area contributed by atoms with E-state index in [2.05, 4.69) is 10.6 Å². The molecule has 1 saturated carbocycles. The maximum atomic E-state index is 13.3. The van der Waals surface area contributed by atoms with E-state index in [-0.39, 0.29) is 28.1 Å². The molecule has 0 unspecified atom stereocenters. The topological polar surface area (TPSA) is 116 Å². The molecule has 1 heterocycles. The van der Waals surface area contributed by atoms with E-state index >= 15 is 0 Å². The quantitative estimate of drug-likeness (QED) is 0.523. The highest BCUT2D eigenvalue weighted by Gasteiger charge is 2.55. The van der Waals surface area contributed by atoms with Gasteiger partial charge in [0.2, 0.25) is 5.91 Å². The average molecular weight is 533 g/mol. The molecule has 192 valence electrons. The summed E-state index contributed by atoms with van der Waals surface area (Å²) in [4.78, 5) is 39.4. The number of sulfonamides is 1. The van der Waals surface area contributed by atoms with Crippen molar-refractivity contribution in [3.05, 3.63) is 53.6 Å². The van der Waals surface area contributed by atoms with E-state index in [4.69, 9.17) is 11.6 Å². The molecule has 36 heavy (non-hydrogen) atoms. The highest BCUT2D eigenvalue weighted by Crippen LogP contribution is 2.38. The molecule has 2 atom stereocenters. The summed E-state index contributed by atoms with van der Waals surface area (Å²) in [6.45, 7) is 3.35. The van der Waals surface area contributed by atoms with Crippen molar-refractivity contribution in [3.8, 4) is 0 Å². The number of amides is 4. The number of benzene rings is 2. The van der Waals surface area contributed by atoms with E-state index in [9.17, 15) is 22.8 Å². The van der Waals surface area contributed by atoms with Crippen molar-refractivity contribution >= 4 is 50.8 Å². The van der Waals surface area contributed by atoms with Crippen LogP contribution in [0.5, 0.6) is 0 Å². The van der Waals surface area contributed by atoms with Gasteiger partial charge in [0, 0.05) is 6.54 Å². The van der Waals surface area contributed by atoms with Crippen LogP contribution in [0, 0.1) is 5.92 Å². The predicted octanol–water partition coefficient (Wildman–Crippen LogP) is 3.99. The number of hydrogen-bond donors (Lipinski definition) is 2. The molecule has 0 radical (unpaired) electrons. The SMILES string of the molecule is CCN(c1ccccc1)S(=O)(=O)c1ccc(Cl)c(NC(=O)CN2C(=O)N[C@@]3(CCCC[C@H]3C)C2=O)c1. The summed E-state index contributed by atoms with van der Waals surface area (Å²) >= 11 is 6.25. The molecule has 2 aliphatic rings. The van der Waals surface area contributed by atoms with Gasteiger partial charge in [-0.25, -0.2) is 13.2 Å². The summed E-state index contributed by atoms with van der Waals surface area (Å²) in [6.07, 6.45) is 3.17. The largest absolute Gasteiger partial charge is 0.325 e. The number of imide groups is 1. The lowest BCUT2D eigenvalue weighted by molar-refractivity contribution is -0.136. The molecule has 1 aliphatic heterocycles. The Bertz CT molecular complexity index is 1290. The Morgan fingerprint density at radius 2 is 1.92 bits per heavy atom. The number of halogens is 1. The van der Waals surface area contributed by atoms with Crippen molar-refractivity contribution in [2.75, 3.05) is 22.7 Å². The number of urea groups is 1. The Morgan fingerprint density at radius 1 is 1.19 bits per heavy atom. The van der Waals surface area contributed by atoms with E-state index in [0.717, 1.165) is 24.2 Å². The minimum Gasteiger partial charge on any atom is -0.323 e. The maximum Gasteiger partial charge on any atom is 0.325 e. The molecular weight excluding hydrogens is 504 g/mol. The van der Waals surface area contributed by atoms with Crippen LogP contribution < -0.4 is 14.9 Å². The molecule has 2 aromatic rings. The summed E-state index contributed by atoms with van der Waals surface area (Å²) in [6, 6.07) is 12.1. The molecule has 1 spiro atoms. The molecule has 4 rings (SSSR count). The Kier molecular flexibility index (Phi) is 7.28. The normalized spacial score (nSPS) is 22.0. The van der Waals surface area contributed by atoms with E-state index in [1.54, 1.807) is 37.3 Å². The molecule has 1 aliphatic carbocycles. The van der Waals surface area contributed by atoms with Crippen LogP contribution in [-0.4, -0.2) is 49.8 Å². The van der Waals surface area contributed by atoms with Gasteiger partial charge in [0.1, 0.15) is 12.1 Å². The molecular formula is C25H29ClN4O5S. The monoisotopic (exact) mass is 532 g/mol. The second-order valence-corrected chi connectivity index (χ2v) is 11.4. The Balaban J connectivity index is 1.53. The van der Waals surface area contributed by atoms with Crippen LogP contribution in [0.15, 0.2) is 53.4 Å². The fourth-order valence-corrected chi connectivity index (χ4v) is 6.61. The van der Waals surface area contributed by atoms with Crippen LogP contribution in [-0.2, 0) is 19.6 Å². The molecule has 0 bridgehead atoms. The number of carbonyl (C=O) groups is 3. The smallest absolute Gasteiger partial charge is 0.323 e. The van der Waals surface area contributed by atoms with E-state index < -0.39 is 40.0 Å². The first kappa shape index (κ1) is 26.0. The highest BCUT2D eigenvalue weighted by atomic mass is 35.5. The lowest BCUT2D eigenvalue weighted by atomic mass is 9.73. The minimum atomic E-state index is -3.95. The van der Waals surface area contributed by atoms with Crippen molar-refractivity contribution in [1.29, 1.82) is 0 Å². The van der Waals surface area contributed by atoms with Gasteiger partial charge in [0.15, 0.2) is 0 Å². The van der Waals surface area contributed by atoms with Gasteiger partial charge >= 0.3 is 6.03 Å². The fourth-order valence-electron chi connectivity index (χ4n) is 4.95. The van der Waals surface area contributed by atoms with Crippen molar-refractivity contribution in [3.63, 3.8) is 0 Å². The van der Waals surface area contributed by atoms with Crippen LogP contribution in [0.3, 0.4) is 0 Å². The van der Waals surface area contributed by atoms with E-state index in [0.29, 0.717) is 12.1 Å². The Labute approximate surface area is 215 Å². The van der Waals surface area contributed by atoms with Crippen LogP contribution in [0.1, 0.15) is 39.5 Å². The minimum absolute atomic E-state index is 0.0294. The Morgan fingerprint density at radius 3 is 2.58 bits per heavy atom. The summed E-state index contributed by atoms with van der Waals surface area (Å²) in [5.74, 6) is -1.09. The van der Waals surface area contributed by atoms with Gasteiger partial charge in [-0.05, 0) is 56.0 Å². The molecule has 2 aromatic carbocycles. The second-order valence-electron chi connectivity index (χ2n) is 9.13. The van der Waals surface area contributed by atoms with Gasteiger partial charge in [-0.2, -0.15) is 0 Å². The molecule has 2 N–H and O–H groups in total. The summed E-state index contributed by atoms with van der Waals surface area (Å²) in [5, 5.41) is 5.50. The fraction of sp³-hybridized carbons (Fsp3) is 0.400. The number of hydrogen-bond acceptors (Lipinski definition) is 5. The van der Waals surface area contributed by atoms with Crippen LogP contribution in [0.2, 0.25) is 5.02 Å². The van der Waals surface area contributed by atoms with Crippen LogP contribution in [0.4, 0.5) is 16.2 Å². The van der Waals surface area contributed by atoms with E-state index in [1.807, 2.05) is 6.92 Å². The standard InChI is InChI=1S/C25H29ClN4O5S/c1-3-30(18-10-5-4-6-11-18)36(34,35)19-12-13-20(26)21(15-19)27-22(31)16-29-23(32)25(28-24(29)33)14-8-7-9-17(25)2/h4-6,10-13,15,17H,3,7-9,14,16H2,1-2H3,(H,27,31)(H,28,33)/t17-,25-/m1/s1. The average Bonchev–Trinajstić information content (AvgIpc) is 3.08. The Hall–Kier alpha value is -3.11. The van der Waals surface area contributed by atoms with Crippen LogP contribution >= 0.6 is 11.6 Å². The van der Waals surface area contributed by atoms with Crippen molar-refractivity contribution in [2.45, 2.75) is 50.0 Å². The van der Waals surface area contributed by atoms with Crippen molar-refractivity contribution in [1.82, 2.24) is 10.2 Å². The van der Waals surface area contributed by atoms with Gasteiger partial charge in [0.25, 0.3) is 15.9 Å². The first-order valence-corrected chi connectivity index (χ1v) is 13.7. The van der Waals surface area contributed by atoms with Gasteiger partial charge in [0.05, 0.1) is 21.3 Å². The maximum absolute atomic E-state index is 13.3. The highest BCUT2D eigenvalue weighted by molar-refractivity contribution is 7.92. The third kappa shape index (κ3) is 4.67. The number of carbonyl (C=O) groups excluding carboxylic acids is 3. The summed E-state index contributed by atoms with van der Waals surface area (Å²) < 4.78 is 27.9. The first-order valence-electron chi connectivity index (χ1n) is 11.9. The van der Waals surface area contributed by atoms with Crippen LogP contribution in [0.25, 0.3) is 0 Å². The van der Waals surface area contributed by atoms with Gasteiger partial charge < -0.3 is 10.6 Å². The lowest BCUT2D eigenvalue weighted by Gasteiger charge is -2.36. The first-order chi connectivity index (χ1) is 17.1. The zero-order valence-electron chi connectivity index (χ0n) is 20.2. The zero-order chi connectivity index (χ0) is 26.1. The van der Waals surface area contributed by atoms with Gasteiger partial charge in [-0.1, -0.05) is 49.6 Å². The number of anilines is 2. The molecule has 9 nitrogen and oxygen atoms in total. The number of nitrogens with zero attached hydrogens (tertiary/aromatic N) is 2. The molecule has 2 fully saturated rings. The molecule has 0 aromatic heterocycles. The number of para-hydroxylation sites is 1. The van der Waals surface area contributed by atoms with Crippen molar-refractivity contribution in [2.24, 2.45) is 5.92 Å². The summed E-state index contributed by atoms with van der Waals surface area (Å²) in [5.41, 5.74) is -0.396. The predicted molar refractivity (Wildman–Crippen MR) is 137 cm³/mol. The molecule has 4 amide bonds. The van der Waals surface area contributed by atoms with Gasteiger partial charge in [-0.15, -0.1) is 0 Å². The summed E-state index contributed by atoms with van der Waals surface area (Å²) in [7, 11) is -3.95. The van der Waals surface area contributed by atoms with E-state index in [1.165, 1.54) is 22.5 Å². The molecule has 1 saturated heterocycles. The second kappa shape index (κ2) is 10.1. The lowest BCUT2D eigenvalue weighted by Crippen LogP contribution is -2.54. The van der Waals surface area contributed by atoms with Crippen molar-refractivity contribution < 1.29 is 22.8 Å². The molecule has 11 heteroatoms. The third-order valence-corrected chi connectivity index (χ3v) is 9.16. The zero-order valence-corrected chi connectivity index (χ0v) is 21.7.